The summed E-state index contributed by atoms with van der Waals surface area (Å²) < 4.78 is 0. The van der Waals surface area contributed by atoms with Crippen LogP contribution in [0.5, 0.6) is 0 Å². The van der Waals surface area contributed by atoms with Gasteiger partial charge in [0, 0.05) is 38.1 Å². The molecule has 128 valence electrons. The molecule has 0 bridgehead atoms. The Hall–Kier alpha value is -2.98. The largest absolute Gasteiger partial charge is 0.338 e. The second-order valence-electron chi connectivity index (χ2n) is 5.81. The van der Waals surface area contributed by atoms with Gasteiger partial charge in [-0.05, 0) is 36.9 Å². The molecule has 0 unspecified atom stereocenters. The van der Waals surface area contributed by atoms with Crippen LogP contribution in [0.2, 0.25) is 0 Å². The minimum atomic E-state index is -0.291. The number of likely N-dealkylation sites (N-methyl/N-ethyl adjacent to an activating group) is 1. The van der Waals surface area contributed by atoms with E-state index in [2.05, 4.69) is 32.0 Å². The summed E-state index contributed by atoms with van der Waals surface area (Å²) in [5.41, 5.74) is 1.50. The molecule has 1 aromatic heterocycles. The summed E-state index contributed by atoms with van der Waals surface area (Å²) in [5.74, 6) is 0.295. The number of nitrogens with one attached hydrogen (secondary N) is 1. The molecule has 0 saturated carbocycles. The first kappa shape index (κ1) is 16.9. The Balaban J connectivity index is 1.68. The molecule has 7 nitrogen and oxygen atoms in total. The Morgan fingerprint density at radius 3 is 2.56 bits per heavy atom. The summed E-state index contributed by atoms with van der Waals surface area (Å²) >= 11 is 0. The Morgan fingerprint density at radius 2 is 1.92 bits per heavy atom. The molecular weight excluding hydrogens is 316 g/mol. The maximum Gasteiger partial charge on any atom is 0.274 e. The van der Waals surface area contributed by atoms with Gasteiger partial charge < -0.3 is 15.1 Å². The summed E-state index contributed by atoms with van der Waals surface area (Å²) in [6.07, 6.45) is 1.61. The Morgan fingerprint density at radius 1 is 1.20 bits per heavy atom. The van der Waals surface area contributed by atoms with Crippen molar-refractivity contribution in [3.63, 3.8) is 0 Å². The highest BCUT2D eigenvalue weighted by Crippen LogP contribution is 2.13. The molecule has 1 aromatic carbocycles. The molecule has 2 aromatic rings. The van der Waals surface area contributed by atoms with Crippen molar-refractivity contribution in [3.05, 3.63) is 47.8 Å². The zero-order valence-corrected chi connectivity index (χ0v) is 14.1. The second-order valence-corrected chi connectivity index (χ2v) is 5.81. The molecule has 0 aliphatic carbocycles. The molecular formula is C18H20N6O. The van der Waals surface area contributed by atoms with E-state index in [0.29, 0.717) is 22.9 Å². The SMILES string of the molecule is CCN1CCN(c2nccc(C(=O)Nc3ccc(C#N)cc3)n2)CC1. The number of hydrogen-bond donors (Lipinski definition) is 1. The highest BCUT2D eigenvalue weighted by atomic mass is 16.1. The number of nitriles is 1. The van der Waals surface area contributed by atoms with E-state index in [-0.39, 0.29) is 5.91 Å². The number of nitrogens with zero attached hydrogens (tertiary/aromatic N) is 5. The predicted molar refractivity (Wildman–Crippen MR) is 95.5 cm³/mol. The maximum absolute atomic E-state index is 12.4. The Labute approximate surface area is 146 Å². The number of aromatic nitrogens is 2. The normalized spacial score (nSPS) is 14.8. The van der Waals surface area contributed by atoms with Gasteiger partial charge in [0.1, 0.15) is 5.69 Å². The van der Waals surface area contributed by atoms with Crippen molar-refractivity contribution in [2.24, 2.45) is 0 Å². The van der Waals surface area contributed by atoms with E-state index in [4.69, 9.17) is 5.26 Å². The first-order chi connectivity index (χ1) is 12.2. The molecule has 1 aliphatic rings. The lowest BCUT2D eigenvalue weighted by atomic mass is 10.2. The number of benzene rings is 1. The Kier molecular flexibility index (Phi) is 5.21. The molecule has 1 aliphatic heterocycles. The summed E-state index contributed by atoms with van der Waals surface area (Å²) in [4.78, 5) is 25.6. The maximum atomic E-state index is 12.4. The highest BCUT2D eigenvalue weighted by Gasteiger charge is 2.19. The molecule has 3 rings (SSSR count). The van der Waals surface area contributed by atoms with Crippen molar-refractivity contribution >= 4 is 17.5 Å². The minimum Gasteiger partial charge on any atom is -0.338 e. The number of carbonyl (C=O) groups is 1. The third kappa shape index (κ3) is 4.11. The van der Waals surface area contributed by atoms with Crippen LogP contribution in [-0.4, -0.2) is 53.5 Å². The van der Waals surface area contributed by atoms with Gasteiger partial charge in [0.05, 0.1) is 11.6 Å². The molecule has 0 spiro atoms. The third-order valence-corrected chi connectivity index (χ3v) is 4.25. The molecule has 1 N–H and O–H groups in total. The van der Waals surface area contributed by atoms with E-state index in [1.54, 1.807) is 36.5 Å². The van der Waals surface area contributed by atoms with Crippen LogP contribution < -0.4 is 10.2 Å². The van der Waals surface area contributed by atoms with Crippen LogP contribution in [0.15, 0.2) is 36.5 Å². The van der Waals surface area contributed by atoms with Crippen molar-refractivity contribution < 1.29 is 4.79 Å². The van der Waals surface area contributed by atoms with Crippen LogP contribution in [0.4, 0.5) is 11.6 Å². The number of rotatable bonds is 4. The van der Waals surface area contributed by atoms with E-state index in [1.807, 2.05) is 6.07 Å². The fraction of sp³-hybridized carbons (Fsp3) is 0.333. The van der Waals surface area contributed by atoms with Crippen LogP contribution in [0, 0.1) is 11.3 Å². The van der Waals surface area contributed by atoms with Crippen LogP contribution in [0.25, 0.3) is 0 Å². The number of hydrogen-bond acceptors (Lipinski definition) is 6. The highest BCUT2D eigenvalue weighted by molar-refractivity contribution is 6.02. The van der Waals surface area contributed by atoms with Crippen LogP contribution in [-0.2, 0) is 0 Å². The predicted octanol–water partition coefficient (Wildman–Crippen LogP) is 1.74. The molecule has 1 saturated heterocycles. The van der Waals surface area contributed by atoms with E-state index < -0.39 is 0 Å². The van der Waals surface area contributed by atoms with Gasteiger partial charge in [-0.15, -0.1) is 0 Å². The fourth-order valence-corrected chi connectivity index (χ4v) is 2.71. The lowest BCUT2D eigenvalue weighted by molar-refractivity contribution is 0.102. The smallest absolute Gasteiger partial charge is 0.274 e. The summed E-state index contributed by atoms with van der Waals surface area (Å²) in [6.45, 7) is 6.86. The van der Waals surface area contributed by atoms with Gasteiger partial charge in [-0.2, -0.15) is 5.26 Å². The average Bonchev–Trinajstić information content (AvgIpc) is 2.68. The van der Waals surface area contributed by atoms with Crippen LogP contribution in [0.3, 0.4) is 0 Å². The van der Waals surface area contributed by atoms with Crippen LogP contribution in [0.1, 0.15) is 23.0 Å². The number of carbonyl (C=O) groups excluding carboxylic acids is 1. The molecule has 2 heterocycles. The third-order valence-electron chi connectivity index (χ3n) is 4.25. The fourth-order valence-electron chi connectivity index (χ4n) is 2.71. The van der Waals surface area contributed by atoms with Crippen molar-refractivity contribution in [1.29, 1.82) is 5.26 Å². The zero-order valence-electron chi connectivity index (χ0n) is 14.1. The van der Waals surface area contributed by atoms with Gasteiger partial charge in [0.25, 0.3) is 5.91 Å². The number of amides is 1. The molecule has 25 heavy (non-hydrogen) atoms. The van der Waals surface area contributed by atoms with E-state index >= 15 is 0 Å². The van der Waals surface area contributed by atoms with E-state index in [9.17, 15) is 4.79 Å². The van der Waals surface area contributed by atoms with Gasteiger partial charge in [0.2, 0.25) is 5.95 Å². The van der Waals surface area contributed by atoms with Crippen molar-refractivity contribution in [2.75, 3.05) is 42.9 Å². The van der Waals surface area contributed by atoms with Crippen molar-refractivity contribution in [2.45, 2.75) is 6.92 Å². The van der Waals surface area contributed by atoms with Gasteiger partial charge in [-0.3, -0.25) is 4.79 Å². The summed E-state index contributed by atoms with van der Waals surface area (Å²) in [6, 6.07) is 10.4. The van der Waals surface area contributed by atoms with Gasteiger partial charge in [-0.25, -0.2) is 9.97 Å². The molecule has 0 radical (unpaired) electrons. The van der Waals surface area contributed by atoms with Gasteiger partial charge in [-0.1, -0.05) is 6.92 Å². The zero-order chi connectivity index (χ0) is 17.6. The van der Waals surface area contributed by atoms with Crippen molar-refractivity contribution in [3.8, 4) is 6.07 Å². The standard InChI is InChI=1S/C18H20N6O/c1-2-23-9-11-24(12-10-23)18-20-8-7-16(22-18)17(25)21-15-5-3-14(13-19)4-6-15/h3-8H,2,9-12H2,1H3,(H,21,25). The summed E-state index contributed by atoms with van der Waals surface area (Å²) in [7, 11) is 0. The minimum absolute atomic E-state index is 0.291. The lowest BCUT2D eigenvalue weighted by Crippen LogP contribution is -2.46. The lowest BCUT2D eigenvalue weighted by Gasteiger charge is -2.34. The summed E-state index contributed by atoms with van der Waals surface area (Å²) in [5, 5.41) is 11.6. The Bertz CT molecular complexity index is 775. The van der Waals surface area contributed by atoms with E-state index in [1.165, 1.54) is 0 Å². The number of piperazine rings is 1. The van der Waals surface area contributed by atoms with Gasteiger partial charge in [0.15, 0.2) is 0 Å². The van der Waals surface area contributed by atoms with Gasteiger partial charge >= 0.3 is 0 Å². The molecule has 1 fully saturated rings. The number of anilines is 2. The first-order valence-electron chi connectivity index (χ1n) is 8.31. The van der Waals surface area contributed by atoms with E-state index in [0.717, 1.165) is 32.7 Å². The topological polar surface area (TPSA) is 85.1 Å². The molecule has 7 heteroatoms. The van der Waals surface area contributed by atoms with Crippen molar-refractivity contribution in [1.82, 2.24) is 14.9 Å². The first-order valence-corrected chi connectivity index (χ1v) is 8.31. The van der Waals surface area contributed by atoms with Crippen LogP contribution >= 0.6 is 0 Å². The second kappa shape index (κ2) is 7.73. The molecule has 1 amide bonds. The average molecular weight is 336 g/mol. The molecule has 0 atom stereocenters. The monoisotopic (exact) mass is 336 g/mol. The quantitative estimate of drug-likeness (QED) is 0.915.